The summed E-state index contributed by atoms with van der Waals surface area (Å²) in [6, 6.07) is 0.846. The van der Waals surface area contributed by atoms with Crippen LogP contribution < -0.4 is 0 Å². The molecule has 0 aliphatic heterocycles. The molecule has 1 unspecified atom stereocenters. The Bertz CT molecular complexity index is 125. The van der Waals surface area contributed by atoms with Crippen molar-refractivity contribution in [2.45, 2.75) is 45.6 Å². The molecule has 0 heterocycles. The van der Waals surface area contributed by atoms with Gasteiger partial charge in [0, 0.05) is 6.04 Å². The Morgan fingerprint density at radius 1 is 1.25 bits per heavy atom. The van der Waals surface area contributed by atoms with Crippen molar-refractivity contribution in [3.63, 3.8) is 0 Å². The largest absolute Gasteiger partial charge is 0.306 e. The minimum Gasteiger partial charge on any atom is -0.306 e. The third kappa shape index (κ3) is 2.48. The van der Waals surface area contributed by atoms with E-state index in [2.05, 4.69) is 32.8 Å². The van der Waals surface area contributed by atoms with Crippen LogP contribution in [0.15, 0.2) is 0 Å². The van der Waals surface area contributed by atoms with Crippen LogP contribution in [0.5, 0.6) is 0 Å². The van der Waals surface area contributed by atoms with Crippen molar-refractivity contribution in [3.05, 3.63) is 0 Å². The molecule has 1 saturated carbocycles. The third-order valence-corrected chi connectivity index (χ3v) is 3.07. The lowest BCUT2D eigenvalue weighted by Gasteiger charge is -2.38. The molecule has 0 aromatic heterocycles. The van der Waals surface area contributed by atoms with Crippen LogP contribution in [-0.4, -0.2) is 25.0 Å². The van der Waals surface area contributed by atoms with Gasteiger partial charge in [-0.3, -0.25) is 0 Å². The molecular weight excluding hydrogens is 146 g/mol. The molecule has 0 amide bonds. The smallest absolute Gasteiger partial charge is 0.0120 e. The van der Waals surface area contributed by atoms with E-state index in [-0.39, 0.29) is 0 Å². The zero-order valence-electron chi connectivity index (χ0n) is 9.01. The Kier molecular flexibility index (Phi) is 3.57. The molecule has 0 spiro atoms. The highest BCUT2D eigenvalue weighted by molar-refractivity contribution is 4.83. The lowest BCUT2D eigenvalue weighted by atomic mass is 9.76. The van der Waals surface area contributed by atoms with Gasteiger partial charge in [0.1, 0.15) is 0 Å². The predicted molar refractivity (Wildman–Crippen MR) is 54.3 cm³/mol. The molecule has 0 N–H and O–H groups in total. The number of hydrogen-bond acceptors (Lipinski definition) is 1. The Morgan fingerprint density at radius 3 is 2.08 bits per heavy atom. The summed E-state index contributed by atoms with van der Waals surface area (Å²) in [6.07, 6.45) is 5.77. The van der Waals surface area contributed by atoms with Gasteiger partial charge in [0.2, 0.25) is 0 Å². The highest BCUT2D eigenvalue weighted by Crippen LogP contribution is 2.34. The lowest BCUT2D eigenvalue weighted by molar-refractivity contribution is 0.121. The summed E-state index contributed by atoms with van der Waals surface area (Å²) >= 11 is 0. The average molecular weight is 169 g/mol. The van der Waals surface area contributed by atoms with Gasteiger partial charge in [-0.2, -0.15) is 0 Å². The molecule has 1 atom stereocenters. The van der Waals surface area contributed by atoms with Gasteiger partial charge in [-0.1, -0.05) is 20.3 Å². The molecule has 0 bridgehead atoms. The van der Waals surface area contributed by atoms with Gasteiger partial charge >= 0.3 is 0 Å². The minimum absolute atomic E-state index is 0.845. The summed E-state index contributed by atoms with van der Waals surface area (Å²) in [6.45, 7) is 4.66. The van der Waals surface area contributed by atoms with Crippen molar-refractivity contribution in [1.29, 1.82) is 0 Å². The first-order chi connectivity index (χ1) is 5.61. The Balaban J connectivity index is 2.37. The zero-order valence-corrected chi connectivity index (χ0v) is 9.01. The van der Waals surface area contributed by atoms with Crippen molar-refractivity contribution < 1.29 is 0 Å². The fourth-order valence-corrected chi connectivity index (χ4v) is 2.13. The number of rotatable bonds is 4. The highest BCUT2D eigenvalue weighted by atomic mass is 15.1. The topological polar surface area (TPSA) is 3.24 Å². The third-order valence-electron chi connectivity index (χ3n) is 3.07. The van der Waals surface area contributed by atoms with Gasteiger partial charge in [0.15, 0.2) is 0 Å². The molecular formula is C11H23N. The van der Waals surface area contributed by atoms with E-state index in [1.807, 2.05) is 0 Å². The molecule has 1 fully saturated rings. The van der Waals surface area contributed by atoms with Gasteiger partial charge in [-0.25, -0.2) is 0 Å². The monoisotopic (exact) mass is 169 g/mol. The van der Waals surface area contributed by atoms with Crippen LogP contribution in [0.3, 0.4) is 0 Å². The summed E-state index contributed by atoms with van der Waals surface area (Å²) < 4.78 is 0. The maximum atomic E-state index is 2.42. The molecule has 0 saturated heterocycles. The summed E-state index contributed by atoms with van der Waals surface area (Å²) in [5.41, 5.74) is 0. The fraction of sp³-hybridized carbons (Fsp3) is 1.00. The number of nitrogens with zero attached hydrogens (tertiary/aromatic N) is 1. The van der Waals surface area contributed by atoms with Gasteiger partial charge in [-0.05, 0) is 45.2 Å². The van der Waals surface area contributed by atoms with Crippen molar-refractivity contribution in [3.8, 4) is 0 Å². The summed E-state index contributed by atoms with van der Waals surface area (Å²) in [5.74, 6) is 1.85. The zero-order chi connectivity index (χ0) is 9.14. The maximum absolute atomic E-state index is 2.42. The first kappa shape index (κ1) is 10.0. The van der Waals surface area contributed by atoms with E-state index in [1.165, 1.54) is 25.7 Å². The fourth-order valence-electron chi connectivity index (χ4n) is 2.13. The standard InChI is InChI=1S/C11H23N/c1-9(2)8-11(12(3)4)10-6-5-7-10/h9-11H,5-8H2,1-4H3. The highest BCUT2D eigenvalue weighted by Gasteiger charge is 2.28. The van der Waals surface area contributed by atoms with Gasteiger partial charge in [-0.15, -0.1) is 0 Å². The van der Waals surface area contributed by atoms with Gasteiger partial charge in [0.25, 0.3) is 0 Å². The molecule has 0 radical (unpaired) electrons. The Morgan fingerprint density at radius 2 is 1.83 bits per heavy atom. The van der Waals surface area contributed by atoms with Crippen LogP contribution in [0, 0.1) is 11.8 Å². The van der Waals surface area contributed by atoms with Crippen LogP contribution in [0.2, 0.25) is 0 Å². The summed E-state index contributed by atoms with van der Waals surface area (Å²) in [4.78, 5) is 2.42. The molecule has 1 nitrogen and oxygen atoms in total. The molecule has 1 rings (SSSR count). The van der Waals surface area contributed by atoms with Crippen molar-refractivity contribution in [1.82, 2.24) is 4.90 Å². The van der Waals surface area contributed by atoms with Gasteiger partial charge in [0.05, 0.1) is 0 Å². The van der Waals surface area contributed by atoms with E-state index in [4.69, 9.17) is 0 Å². The quantitative estimate of drug-likeness (QED) is 0.625. The van der Waals surface area contributed by atoms with E-state index in [0.717, 1.165) is 17.9 Å². The molecule has 1 aliphatic rings. The minimum atomic E-state index is 0.845. The van der Waals surface area contributed by atoms with E-state index < -0.39 is 0 Å². The lowest BCUT2D eigenvalue weighted by Crippen LogP contribution is -2.39. The average Bonchev–Trinajstić information content (AvgIpc) is 1.80. The molecule has 1 heteroatoms. The number of hydrogen-bond donors (Lipinski definition) is 0. The molecule has 72 valence electrons. The first-order valence-corrected chi connectivity index (χ1v) is 5.27. The second-order valence-corrected chi connectivity index (χ2v) is 4.85. The first-order valence-electron chi connectivity index (χ1n) is 5.27. The van der Waals surface area contributed by atoms with E-state index >= 15 is 0 Å². The van der Waals surface area contributed by atoms with Gasteiger partial charge < -0.3 is 4.90 Å². The molecule has 0 aromatic rings. The summed E-state index contributed by atoms with van der Waals surface area (Å²) in [7, 11) is 4.46. The second kappa shape index (κ2) is 4.27. The SMILES string of the molecule is CC(C)CC(C1CCC1)N(C)C. The summed E-state index contributed by atoms with van der Waals surface area (Å²) in [5, 5.41) is 0. The van der Waals surface area contributed by atoms with E-state index in [9.17, 15) is 0 Å². The predicted octanol–water partition coefficient (Wildman–Crippen LogP) is 2.76. The van der Waals surface area contributed by atoms with Crippen LogP contribution in [-0.2, 0) is 0 Å². The van der Waals surface area contributed by atoms with Crippen LogP contribution in [0.4, 0.5) is 0 Å². The van der Waals surface area contributed by atoms with Crippen LogP contribution >= 0.6 is 0 Å². The normalized spacial score (nSPS) is 21.5. The second-order valence-electron chi connectivity index (χ2n) is 4.85. The van der Waals surface area contributed by atoms with Crippen molar-refractivity contribution in [2.24, 2.45) is 11.8 Å². The van der Waals surface area contributed by atoms with E-state index in [1.54, 1.807) is 0 Å². The Hall–Kier alpha value is -0.0400. The molecule has 12 heavy (non-hydrogen) atoms. The molecule has 1 aliphatic carbocycles. The maximum Gasteiger partial charge on any atom is 0.0120 e. The Labute approximate surface area is 77.1 Å². The van der Waals surface area contributed by atoms with Crippen molar-refractivity contribution in [2.75, 3.05) is 14.1 Å². The van der Waals surface area contributed by atoms with Crippen molar-refractivity contribution >= 4 is 0 Å². The molecule has 0 aromatic carbocycles. The van der Waals surface area contributed by atoms with Crippen LogP contribution in [0.1, 0.15) is 39.5 Å². The van der Waals surface area contributed by atoms with Crippen LogP contribution in [0.25, 0.3) is 0 Å². The van der Waals surface area contributed by atoms with E-state index in [0.29, 0.717) is 0 Å².